The average molecular weight is 329 g/mol. The van der Waals surface area contributed by atoms with Crippen LogP contribution < -0.4 is 5.32 Å². The summed E-state index contributed by atoms with van der Waals surface area (Å²) in [6.07, 6.45) is 0. The van der Waals surface area contributed by atoms with Gasteiger partial charge in [-0.25, -0.2) is 4.39 Å². The molecule has 0 bridgehead atoms. The molecule has 1 N–H and O–H groups in total. The first-order chi connectivity index (χ1) is 11.5. The van der Waals surface area contributed by atoms with Crippen molar-refractivity contribution < 1.29 is 18.7 Å². The lowest BCUT2D eigenvalue weighted by atomic mass is 9.89. The highest BCUT2D eigenvalue weighted by molar-refractivity contribution is 5.94. The van der Waals surface area contributed by atoms with Gasteiger partial charge in [-0.15, -0.1) is 0 Å². The van der Waals surface area contributed by atoms with Crippen molar-refractivity contribution in [2.45, 2.75) is 19.2 Å². The van der Waals surface area contributed by atoms with Gasteiger partial charge in [0.2, 0.25) is 0 Å². The molecule has 0 atom stereocenters. The van der Waals surface area contributed by atoms with Crippen LogP contribution in [0.3, 0.4) is 0 Å². The molecule has 0 spiro atoms. The third kappa shape index (κ3) is 4.73. The number of ether oxygens (including phenoxy) is 1. The van der Waals surface area contributed by atoms with E-state index in [0.717, 1.165) is 5.56 Å². The highest BCUT2D eigenvalue weighted by Crippen LogP contribution is 2.29. The Morgan fingerprint density at radius 3 is 2.25 bits per heavy atom. The van der Waals surface area contributed by atoms with E-state index in [1.54, 1.807) is 24.3 Å². The first-order valence-electron chi connectivity index (χ1n) is 7.65. The predicted octanol–water partition coefficient (Wildman–Crippen LogP) is 3.02. The van der Waals surface area contributed by atoms with Crippen LogP contribution in [0.1, 0.15) is 28.4 Å². The molecule has 0 aromatic heterocycles. The van der Waals surface area contributed by atoms with Gasteiger partial charge in [-0.05, 0) is 18.1 Å². The van der Waals surface area contributed by atoms with Gasteiger partial charge in [-0.1, -0.05) is 54.6 Å². The summed E-state index contributed by atoms with van der Waals surface area (Å²) < 4.78 is 18.4. The molecular formula is C19H20FNO3. The van der Waals surface area contributed by atoms with Crippen molar-refractivity contribution in [2.24, 2.45) is 0 Å². The van der Waals surface area contributed by atoms with E-state index in [0.29, 0.717) is 37.3 Å². The molecule has 0 radical (unpaired) electrons. The van der Waals surface area contributed by atoms with Gasteiger partial charge in [0.05, 0.1) is 0 Å². The number of Topliss-reactive ketones (excluding diaryl/α,β-unsaturated/α-hetero) is 1. The second-order valence-corrected chi connectivity index (χ2v) is 5.60. The monoisotopic (exact) mass is 329 g/mol. The molecule has 126 valence electrons. The highest BCUT2D eigenvalue weighted by Gasteiger charge is 2.38. The van der Waals surface area contributed by atoms with E-state index in [2.05, 4.69) is 10.1 Å². The molecule has 0 unspecified atom stereocenters. The lowest BCUT2D eigenvalue weighted by molar-refractivity contribution is -0.129. The zero-order valence-corrected chi connectivity index (χ0v) is 13.5. The van der Waals surface area contributed by atoms with E-state index < -0.39 is 5.67 Å². The van der Waals surface area contributed by atoms with Gasteiger partial charge in [0, 0.05) is 18.7 Å². The quantitative estimate of drug-likeness (QED) is 0.677. The standard InChI is InChI=1S/C11H12FNO.C8H8O2/c1-8(14)9-2-4-10(5-3-9)11(12)6-13-7-11;9-7-10-6-8-4-2-1-3-5-8/h2-5,13H,6-7H2,1H3;1-5,7H,6H2. The minimum Gasteiger partial charge on any atom is -0.463 e. The maximum atomic E-state index is 13.8. The van der Waals surface area contributed by atoms with Crippen molar-refractivity contribution in [1.29, 1.82) is 0 Å². The number of alkyl halides is 1. The fourth-order valence-electron chi connectivity index (χ4n) is 2.26. The summed E-state index contributed by atoms with van der Waals surface area (Å²) in [6, 6.07) is 16.3. The Bertz CT molecular complexity index is 667. The minimum atomic E-state index is -1.23. The predicted molar refractivity (Wildman–Crippen MR) is 89.4 cm³/mol. The van der Waals surface area contributed by atoms with Gasteiger partial charge in [0.15, 0.2) is 11.5 Å². The normalized spacial score (nSPS) is 14.6. The Morgan fingerprint density at radius 1 is 1.17 bits per heavy atom. The van der Waals surface area contributed by atoms with Crippen LogP contribution in [0.4, 0.5) is 4.39 Å². The Kier molecular flexibility index (Phi) is 6.21. The molecular weight excluding hydrogens is 309 g/mol. The number of rotatable bonds is 5. The van der Waals surface area contributed by atoms with Gasteiger partial charge in [0.25, 0.3) is 6.47 Å². The maximum absolute atomic E-state index is 13.8. The van der Waals surface area contributed by atoms with Gasteiger partial charge in [0.1, 0.15) is 6.61 Å². The van der Waals surface area contributed by atoms with Crippen LogP contribution in [-0.2, 0) is 21.8 Å². The minimum absolute atomic E-state index is 0.0104. The summed E-state index contributed by atoms with van der Waals surface area (Å²) in [7, 11) is 0. The number of carbonyl (C=O) groups is 2. The van der Waals surface area contributed by atoms with Crippen LogP contribution in [-0.4, -0.2) is 25.3 Å². The van der Waals surface area contributed by atoms with Crippen LogP contribution >= 0.6 is 0 Å². The topological polar surface area (TPSA) is 55.4 Å². The molecule has 1 aliphatic rings. The Labute approximate surface area is 140 Å². The fraction of sp³-hybridized carbons (Fsp3) is 0.263. The molecule has 1 fully saturated rings. The molecule has 24 heavy (non-hydrogen) atoms. The summed E-state index contributed by atoms with van der Waals surface area (Å²) >= 11 is 0. The smallest absolute Gasteiger partial charge is 0.293 e. The van der Waals surface area contributed by atoms with Crippen molar-refractivity contribution in [3.05, 3.63) is 71.3 Å². The summed E-state index contributed by atoms with van der Waals surface area (Å²) in [6.45, 7) is 3.06. The third-order valence-electron chi connectivity index (χ3n) is 3.78. The summed E-state index contributed by atoms with van der Waals surface area (Å²) in [4.78, 5) is 20.7. The first-order valence-corrected chi connectivity index (χ1v) is 7.65. The van der Waals surface area contributed by atoms with Crippen LogP contribution in [0.25, 0.3) is 0 Å². The Balaban J connectivity index is 0.000000185. The molecule has 1 heterocycles. The van der Waals surface area contributed by atoms with Crippen LogP contribution in [0.5, 0.6) is 0 Å². The molecule has 3 rings (SSSR count). The molecule has 5 heteroatoms. The van der Waals surface area contributed by atoms with Crippen molar-refractivity contribution in [2.75, 3.05) is 13.1 Å². The molecule has 1 aliphatic heterocycles. The number of hydrogen-bond donors (Lipinski definition) is 1. The molecule has 0 saturated carbocycles. The molecule has 0 amide bonds. The third-order valence-corrected chi connectivity index (χ3v) is 3.78. The maximum Gasteiger partial charge on any atom is 0.293 e. The molecule has 2 aromatic rings. The number of halogens is 1. The van der Waals surface area contributed by atoms with Gasteiger partial charge in [-0.2, -0.15) is 0 Å². The van der Waals surface area contributed by atoms with E-state index in [-0.39, 0.29) is 5.78 Å². The number of benzene rings is 2. The largest absolute Gasteiger partial charge is 0.463 e. The van der Waals surface area contributed by atoms with E-state index in [1.807, 2.05) is 30.3 Å². The average Bonchev–Trinajstić information content (AvgIpc) is 2.59. The second-order valence-electron chi connectivity index (χ2n) is 5.60. The van der Waals surface area contributed by atoms with Crippen molar-refractivity contribution in [3.63, 3.8) is 0 Å². The van der Waals surface area contributed by atoms with Crippen molar-refractivity contribution in [1.82, 2.24) is 5.32 Å². The van der Waals surface area contributed by atoms with Crippen molar-refractivity contribution >= 4 is 12.3 Å². The molecule has 0 aliphatic carbocycles. The number of hydrogen-bond acceptors (Lipinski definition) is 4. The fourth-order valence-corrected chi connectivity index (χ4v) is 2.26. The van der Waals surface area contributed by atoms with Crippen molar-refractivity contribution in [3.8, 4) is 0 Å². The van der Waals surface area contributed by atoms with Gasteiger partial charge >= 0.3 is 0 Å². The highest BCUT2D eigenvalue weighted by atomic mass is 19.1. The lowest BCUT2D eigenvalue weighted by Crippen LogP contribution is -2.53. The molecule has 4 nitrogen and oxygen atoms in total. The number of carbonyl (C=O) groups excluding carboxylic acids is 2. The Hall–Kier alpha value is -2.53. The summed E-state index contributed by atoms with van der Waals surface area (Å²) in [5.74, 6) is 0.0104. The lowest BCUT2D eigenvalue weighted by Gasteiger charge is -2.35. The molecule has 2 aromatic carbocycles. The number of ketones is 1. The SMILES string of the molecule is CC(=O)c1ccc(C2(F)CNC2)cc1.O=COCc1ccccc1. The van der Waals surface area contributed by atoms with Crippen LogP contribution in [0, 0.1) is 0 Å². The zero-order chi connectivity index (χ0) is 17.4. The summed E-state index contributed by atoms with van der Waals surface area (Å²) in [5.41, 5.74) is 1.07. The zero-order valence-electron chi connectivity index (χ0n) is 13.5. The second kappa shape index (κ2) is 8.36. The number of nitrogens with one attached hydrogen (secondary N) is 1. The first kappa shape index (κ1) is 17.8. The van der Waals surface area contributed by atoms with Gasteiger partial charge in [-0.3, -0.25) is 9.59 Å². The van der Waals surface area contributed by atoms with E-state index in [9.17, 15) is 14.0 Å². The summed E-state index contributed by atoms with van der Waals surface area (Å²) in [5, 5.41) is 2.90. The molecule has 1 saturated heterocycles. The van der Waals surface area contributed by atoms with E-state index in [1.165, 1.54) is 6.92 Å². The van der Waals surface area contributed by atoms with Crippen LogP contribution in [0.2, 0.25) is 0 Å². The van der Waals surface area contributed by atoms with Crippen LogP contribution in [0.15, 0.2) is 54.6 Å². The Morgan fingerprint density at radius 2 is 1.79 bits per heavy atom. The van der Waals surface area contributed by atoms with E-state index >= 15 is 0 Å². The van der Waals surface area contributed by atoms with Gasteiger partial charge < -0.3 is 10.1 Å². The van der Waals surface area contributed by atoms with E-state index in [4.69, 9.17) is 0 Å².